The van der Waals surface area contributed by atoms with Crippen molar-refractivity contribution in [3.05, 3.63) is 12.2 Å². The van der Waals surface area contributed by atoms with Crippen LogP contribution >= 0.6 is 0 Å². The normalized spacial score (nSPS) is 18.5. The van der Waals surface area contributed by atoms with Crippen molar-refractivity contribution in [2.24, 2.45) is 0 Å². The van der Waals surface area contributed by atoms with Gasteiger partial charge in [0, 0.05) is 5.57 Å². The molecule has 0 aliphatic rings. The highest BCUT2D eigenvalue weighted by Crippen LogP contribution is 2.46. The summed E-state index contributed by atoms with van der Waals surface area (Å²) in [5.41, 5.74) is 0.401. The Morgan fingerprint density at radius 1 is 0.543 bits per heavy atom. The SMILES string of the molecule is C=C(C)C(=O)OCCC[Si]([Si](C)(C)O[Si](C)(C)C)([Si](C)(O[SiH2]O[Si](C)(C)C)O[Si](C)(C)C)[Si](C)(O[SiH2]O[Si](C)(C)C)O[Si](C)(C)C. The average Bonchev–Trinajstić information content (AvgIpc) is 2.72. The van der Waals surface area contributed by atoms with E-state index in [1.165, 1.54) is 0 Å². The van der Waals surface area contributed by atoms with Crippen LogP contribution in [0.2, 0.25) is 130 Å². The first-order valence-electron chi connectivity index (χ1n) is 16.6. The molecule has 46 heavy (non-hydrogen) atoms. The Bertz CT molecular complexity index is 954. The fraction of sp³-hybridized carbons (Fsp3) is 0.885. The van der Waals surface area contributed by atoms with E-state index in [0.717, 1.165) is 6.04 Å². The lowest BCUT2D eigenvalue weighted by Crippen LogP contribution is -2.92. The standard InChI is InChI=1S/C26H72O9Si11/c1-25(2)26(27)28-23-22-24-46(43(18,19)33-40(9,10)11,44(20,34-41(12,13)14)31-36-29-38(3,4)5)45(21,35-42(15,16)17)32-37-30-39(6,7)8/h1,22-24,36-37H2,2-21H3. The number of rotatable bonds is 22. The molecule has 0 N–H and O–H groups in total. The van der Waals surface area contributed by atoms with Crippen LogP contribution in [0.25, 0.3) is 0 Å². The lowest BCUT2D eigenvalue weighted by atomic mass is 10.4. The van der Waals surface area contributed by atoms with Gasteiger partial charge >= 0.3 is 5.97 Å². The van der Waals surface area contributed by atoms with Crippen molar-refractivity contribution in [3.8, 4) is 0 Å². The molecule has 0 aliphatic carbocycles. The maximum Gasteiger partial charge on any atom is 0.333 e. The maximum atomic E-state index is 12.5. The predicted molar refractivity (Wildman–Crippen MR) is 223 cm³/mol. The fourth-order valence-corrected chi connectivity index (χ4v) is 115. The second-order valence-electron chi connectivity index (χ2n) is 18.0. The maximum absolute atomic E-state index is 12.5. The molecule has 0 aromatic heterocycles. The van der Waals surface area contributed by atoms with Crippen LogP contribution in [-0.4, -0.2) is 105 Å². The van der Waals surface area contributed by atoms with Gasteiger partial charge in [0.05, 0.1) is 6.61 Å². The van der Waals surface area contributed by atoms with E-state index in [1.54, 1.807) is 6.92 Å². The summed E-state index contributed by atoms with van der Waals surface area (Å²) in [6.45, 7) is 45.8. The number of hydrogen-bond acceptors (Lipinski definition) is 9. The first kappa shape index (κ1) is 47.3. The smallest absolute Gasteiger partial charge is 0.333 e. The summed E-state index contributed by atoms with van der Waals surface area (Å²) in [7, 11) is -21.9. The van der Waals surface area contributed by atoms with Crippen LogP contribution < -0.4 is 0 Å². The Morgan fingerprint density at radius 3 is 1.17 bits per heavy atom. The van der Waals surface area contributed by atoms with E-state index in [0.29, 0.717) is 18.6 Å². The summed E-state index contributed by atoms with van der Waals surface area (Å²) in [4.78, 5) is 12.5. The third-order valence-corrected chi connectivity index (χ3v) is 89.3. The molecular formula is C26H72O9Si11. The minimum atomic E-state index is -3.16. The second-order valence-corrected chi connectivity index (χ2v) is 77.0. The van der Waals surface area contributed by atoms with Gasteiger partial charge in [-0.25, -0.2) is 4.79 Å². The summed E-state index contributed by atoms with van der Waals surface area (Å²) >= 11 is 0. The minimum absolute atomic E-state index is 0.290. The van der Waals surface area contributed by atoms with Crippen LogP contribution in [-0.2, 0) is 38.3 Å². The summed E-state index contributed by atoms with van der Waals surface area (Å²) in [5.74, 6) is -0.363. The van der Waals surface area contributed by atoms with E-state index in [1.807, 2.05) is 0 Å². The van der Waals surface area contributed by atoms with Gasteiger partial charge in [0.15, 0.2) is 56.0 Å². The van der Waals surface area contributed by atoms with Crippen LogP contribution in [0.5, 0.6) is 0 Å². The van der Waals surface area contributed by atoms with E-state index in [-0.39, 0.29) is 5.97 Å². The highest BCUT2D eigenvalue weighted by molar-refractivity contribution is 7.86. The van der Waals surface area contributed by atoms with Crippen LogP contribution in [0.15, 0.2) is 12.2 Å². The molecule has 274 valence electrons. The molecule has 0 aliphatic heterocycles. The fourth-order valence-electron chi connectivity index (χ4n) is 6.02. The Kier molecular flexibility index (Phi) is 17.7. The van der Waals surface area contributed by atoms with Crippen molar-refractivity contribution in [1.29, 1.82) is 0 Å². The summed E-state index contributed by atoms with van der Waals surface area (Å²) in [6, 6.07) is 0.781. The molecule has 0 fully saturated rings. The molecule has 0 aromatic rings. The molecular weight excluding hydrogens is 765 g/mol. The summed E-state index contributed by atoms with van der Waals surface area (Å²) in [6.07, 6.45) is 0.658. The van der Waals surface area contributed by atoms with Gasteiger partial charge in [-0.05, 0) is 144 Å². The van der Waals surface area contributed by atoms with Crippen LogP contribution in [0.1, 0.15) is 13.3 Å². The number of ether oxygens (including phenoxy) is 1. The molecule has 0 amide bonds. The second kappa shape index (κ2) is 17.2. The molecule has 0 heterocycles. The molecule has 2 unspecified atom stereocenters. The first-order chi connectivity index (χ1) is 20.1. The molecule has 0 rings (SSSR count). The van der Waals surface area contributed by atoms with Crippen molar-refractivity contribution in [1.82, 2.24) is 0 Å². The summed E-state index contributed by atoms with van der Waals surface area (Å²) in [5, 5.41) is 0. The van der Waals surface area contributed by atoms with Crippen LogP contribution in [0.4, 0.5) is 0 Å². The zero-order valence-electron chi connectivity index (χ0n) is 33.4. The average molecular weight is 838 g/mol. The third kappa shape index (κ3) is 16.1. The van der Waals surface area contributed by atoms with Crippen molar-refractivity contribution < 1.29 is 38.3 Å². The highest BCUT2D eigenvalue weighted by Gasteiger charge is 2.78. The van der Waals surface area contributed by atoms with Gasteiger partial charge in [0.2, 0.25) is 0 Å². The number of hydrogen-bond donors (Lipinski definition) is 0. The number of carbonyl (C=O) groups excluding carboxylic acids is 1. The van der Waals surface area contributed by atoms with E-state index in [2.05, 4.69) is 131 Å². The molecule has 2 atom stereocenters. The predicted octanol–water partition coefficient (Wildman–Crippen LogP) is 6.82. The van der Waals surface area contributed by atoms with Gasteiger partial charge < -0.3 is 33.5 Å². The van der Waals surface area contributed by atoms with Crippen molar-refractivity contribution in [3.63, 3.8) is 0 Å². The number of esters is 1. The molecule has 0 bridgehead atoms. The van der Waals surface area contributed by atoms with Crippen molar-refractivity contribution in [2.75, 3.05) is 6.61 Å². The van der Waals surface area contributed by atoms with Gasteiger partial charge in [-0.1, -0.05) is 6.58 Å². The van der Waals surface area contributed by atoms with E-state index < -0.39 is 92.2 Å². The third-order valence-electron chi connectivity index (χ3n) is 7.07. The van der Waals surface area contributed by atoms with E-state index >= 15 is 0 Å². The molecule has 0 spiro atoms. The van der Waals surface area contributed by atoms with Gasteiger partial charge in [-0.2, -0.15) is 0 Å². The first-order valence-corrected chi connectivity index (χ1v) is 48.7. The molecule has 0 saturated heterocycles. The van der Waals surface area contributed by atoms with Crippen LogP contribution in [0.3, 0.4) is 0 Å². The largest absolute Gasteiger partial charge is 0.462 e. The minimum Gasteiger partial charge on any atom is -0.462 e. The quantitative estimate of drug-likeness (QED) is 0.0505. The van der Waals surface area contributed by atoms with E-state index in [9.17, 15) is 4.79 Å². The highest BCUT2D eigenvalue weighted by atomic mass is 29.9. The zero-order valence-corrected chi connectivity index (χ0v) is 45.2. The van der Waals surface area contributed by atoms with Crippen LogP contribution in [0, 0.1) is 0 Å². The Morgan fingerprint density at radius 2 is 0.891 bits per heavy atom. The molecule has 9 nitrogen and oxygen atoms in total. The Labute approximate surface area is 297 Å². The lowest BCUT2D eigenvalue weighted by Gasteiger charge is -2.60. The molecule has 0 saturated carbocycles. The van der Waals surface area contributed by atoms with E-state index in [4.69, 9.17) is 33.5 Å². The van der Waals surface area contributed by atoms with Gasteiger partial charge in [-0.15, -0.1) is 0 Å². The zero-order chi connectivity index (χ0) is 36.8. The van der Waals surface area contributed by atoms with Gasteiger partial charge in [0.25, 0.3) is 36.2 Å². The molecule has 0 aromatic carbocycles. The number of carbonyl (C=O) groups is 1. The summed E-state index contributed by atoms with van der Waals surface area (Å²) < 4.78 is 56.1. The Hall–Kier alpha value is 1.32. The lowest BCUT2D eigenvalue weighted by molar-refractivity contribution is -0.138. The monoisotopic (exact) mass is 836 g/mol. The van der Waals surface area contributed by atoms with Crippen molar-refractivity contribution >= 4 is 98.2 Å². The molecule has 0 radical (unpaired) electrons. The van der Waals surface area contributed by atoms with Crippen molar-refractivity contribution in [2.45, 2.75) is 144 Å². The topological polar surface area (TPSA) is 90.9 Å². The molecule has 20 heteroatoms. The van der Waals surface area contributed by atoms with Gasteiger partial charge in [-0.3, -0.25) is 0 Å². The Balaban J connectivity index is 7.98. The van der Waals surface area contributed by atoms with Gasteiger partial charge in [0.1, 0.15) is 0 Å².